The molecule has 3 aromatic carbocycles. The molecule has 30 heavy (non-hydrogen) atoms. The summed E-state index contributed by atoms with van der Waals surface area (Å²) in [6.45, 7) is 7.47. The maximum absolute atomic E-state index is 14.0. The molecule has 3 rings (SSSR count). The third-order valence-corrected chi connectivity index (χ3v) is 7.94. The molecular formula is C26H31O3P. The summed E-state index contributed by atoms with van der Waals surface area (Å²) in [5.41, 5.74) is 3.40. The van der Waals surface area contributed by atoms with Crippen LogP contribution in [0.15, 0.2) is 72.8 Å². The fourth-order valence-corrected chi connectivity index (χ4v) is 5.86. The van der Waals surface area contributed by atoms with Crippen molar-refractivity contribution in [3.63, 3.8) is 0 Å². The third-order valence-electron chi connectivity index (χ3n) is 5.13. The van der Waals surface area contributed by atoms with Crippen molar-refractivity contribution in [1.82, 2.24) is 0 Å². The van der Waals surface area contributed by atoms with E-state index in [-0.39, 0.29) is 6.35 Å². The predicted molar refractivity (Wildman–Crippen MR) is 126 cm³/mol. The zero-order valence-corrected chi connectivity index (χ0v) is 19.0. The molecule has 3 aromatic rings. The van der Waals surface area contributed by atoms with E-state index in [2.05, 4.69) is 32.9 Å². The molecule has 0 fully saturated rings. The standard InChI is InChI=1S/C26H31O3P/c1-4-16-29-26-21(3)17-22(18-23(26)5-2)19-28-20-30(27,24-12-8-6-9-13-24)25-14-10-7-11-15-25/h6-15,17-18H,4-5,16,19-20H2,1-3H3. The van der Waals surface area contributed by atoms with Gasteiger partial charge in [-0.3, -0.25) is 0 Å². The Morgan fingerprint density at radius 1 is 0.867 bits per heavy atom. The lowest BCUT2D eigenvalue weighted by atomic mass is 10.0. The molecule has 158 valence electrons. The molecular weight excluding hydrogens is 391 g/mol. The highest BCUT2D eigenvalue weighted by Crippen LogP contribution is 2.43. The van der Waals surface area contributed by atoms with E-state index in [0.717, 1.165) is 46.9 Å². The third kappa shape index (κ3) is 5.22. The Kier molecular flexibility index (Phi) is 7.90. The topological polar surface area (TPSA) is 35.5 Å². The van der Waals surface area contributed by atoms with Crippen LogP contribution >= 0.6 is 7.14 Å². The van der Waals surface area contributed by atoms with Gasteiger partial charge in [0.15, 0.2) is 7.14 Å². The lowest BCUT2D eigenvalue weighted by Crippen LogP contribution is -2.19. The van der Waals surface area contributed by atoms with Crippen LogP contribution in [0.25, 0.3) is 0 Å². The van der Waals surface area contributed by atoms with Gasteiger partial charge in [-0.1, -0.05) is 80.6 Å². The molecule has 0 atom stereocenters. The van der Waals surface area contributed by atoms with Gasteiger partial charge in [0.1, 0.15) is 12.1 Å². The van der Waals surface area contributed by atoms with Gasteiger partial charge in [0, 0.05) is 10.6 Å². The Morgan fingerprint density at radius 2 is 1.47 bits per heavy atom. The van der Waals surface area contributed by atoms with Crippen molar-refractivity contribution < 1.29 is 14.0 Å². The van der Waals surface area contributed by atoms with E-state index in [0.29, 0.717) is 6.61 Å². The van der Waals surface area contributed by atoms with Crippen molar-refractivity contribution in [3.8, 4) is 5.75 Å². The Bertz CT molecular complexity index is 940. The second-order valence-corrected chi connectivity index (χ2v) is 10.3. The molecule has 0 unspecified atom stereocenters. The fraction of sp³-hybridized carbons (Fsp3) is 0.308. The van der Waals surface area contributed by atoms with Crippen molar-refractivity contribution in [2.75, 3.05) is 13.0 Å². The molecule has 0 saturated heterocycles. The van der Waals surface area contributed by atoms with E-state index in [1.807, 2.05) is 60.7 Å². The monoisotopic (exact) mass is 422 g/mol. The zero-order chi connectivity index (χ0) is 21.4. The summed E-state index contributed by atoms with van der Waals surface area (Å²) in [7, 11) is -2.86. The minimum atomic E-state index is -2.86. The molecule has 0 saturated carbocycles. The van der Waals surface area contributed by atoms with Crippen molar-refractivity contribution in [2.45, 2.75) is 40.2 Å². The van der Waals surface area contributed by atoms with Gasteiger partial charge in [0.05, 0.1) is 13.2 Å². The number of aryl methyl sites for hydroxylation is 2. The van der Waals surface area contributed by atoms with Crippen LogP contribution in [0.1, 0.15) is 37.0 Å². The Balaban J connectivity index is 1.79. The number of hydrogen-bond acceptors (Lipinski definition) is 3. The predicted octanol–water partition coefficient (Wildman–Crippen LogP) is 5.83. The highest BCUT2D eigenvalue weighted by Gasteiger charge is 2.27. The molecule has 3 nitrogen and oxygen atoms in total. The molecule has 0 bridgehead atoms. The van der Waals surface area contributed by atoms with Gasteiger partial charge < -0.3 is 14.0 Å². The van der Waals surface area contributed by atoms with Gasteiger partial charge in [-0.15, -0.1) is 0 Å². The van der Waals surface area contributed by atoms with E-state index < -0.39 is 7.14 Å². The molecule has 0 radical (unpaired) electrons. The quantitative estimate of drug-likeness (QED) is 0.385. The molecule has 0 heterocycles. The van der Waals surface area contributed by atoms with Gasteiger partial charge in [-0.2, -0.15) is 0 Å². The van der Waals surface area contributed by atoms with E-state index in [1.165, 1.54) is 5.56 Å². The van der Waals surface area contributed by atoms with Crippen LogP contribution in [-0.4, -0.2) is 13.0 Å². The normalized spacial score (nSPS) is 11.4. The number of hydrogen-bond donors (Lipinski definition) is 0. The van der Waals surface area contributed by atoms with Gasteiger partial charge in [0.2, 0.25) is 0 Å². The highest BCUT2D eigenvalue weighted by molar-refractivity contribution is 7.78. The highest BCUT2D eigenvalue weighted by atomic mass is 31.2. The van der Waals surface area contributed by atoms with Gasteiger partial charge in [-0.25, -0.2) is 0 Å². The largest absolute Gasteiger partial charge is 0.493 e. The average Bonchev–Trinajstić information content (AvgIpc) is 2.79. The van der Waals surface area contributed by atoms with Gasteiger partial charge >= 0.3 is 0 Å². The Labute approximate surface area is 180 Å². The first-order valence-electron chi connectivity index (χ1n) is 10.6. The maximum Gasteiger partial charge on any atom is 0.167 e. The van der Waals surface area contributed by atoms with Crippen LogP contribution in [0.4, 0.5) is 0 Å². The summed E-state index contributed by atoms with van der Waals surface area (Å²) in [4.78, 5) is 0. The molecule has 0 amide bonds. The molecule has 0 aromatic heterocycles. The lowest BCUT2D eigenvalue weighted by Gasteiger charge is -2.20. The molecule has 0 N–H and O–H groups in total. The molecule has 0 aliphatic carbocycles. The van der Waals surface area contributed by atoms with Crippen molar-refractivity contribution in [3.05, 3.63) is 89.5 Å². The Morgan fingerprint density at radius 3 is 2.00 bits per heavy atom. The van der Waals surface area contributed by atoms with Crippen LogP contribution in [-0.2, 0) is 22.3 Å². The van der Waals surface area contributed by atoms with Crippen LogP contribution in [0, 0.1) is 6.92 Å². The van der Waals surface area contributed by atoms with Gasteiger partial charge in [-0.05, 0) is 42.5 Å². The summed E-state index contributed by atoms with van der Waals surface area (Å²) < 4.78 is 26.0. The van der Waals surface area contributed by atoms with Crippen molar-refractivity contribution in [1.29, 1.82) is 0 Å². The maximum atomic E-state index is 14.0. The van der Waals surface area contributed by atoms with Gasteiger partial charge in [0.25, 0.3) is 0 Å². The van der Waals surface area contributed by atoms with Crippen molar-refractivity contribution in [2.24, 2.45) is 0 Å². The summed E-state index contributed by atoms with van der Waals surface area (Å²) in [6.07, 6.45) is 2.07. The zero-order valence-electron chi connectivity index (χ0n) is 18.1. The van der Waals surface area contributed by atoms with E-state index in [1.54, 1.807) is 0 Å². The first-order valence-corrected chi connectivity index (χ1v) is 12.5. The summed E-state index contributed by atoms with van der Waals surface area (Å²) >= 11 is 0. The lowest BCUT2D eigenvalue weighted by molar-refractivity contribution is 0.163. The van der Waals surface area contributed by atoms with E-state index in [9.17, 15) is 4.57 Å². The number of rotatable bonds is 10. The summed E-state index contributed by atoms with van der Waals surface area (Å²) in [6, 6.07) is 23.6. The molecule has 0 aliphatic rings. The second kappa shape index (κ2) is 10.6. The number of benzene rings is 3. The average molecular weight is 423 g/mol. The first kappa shape index (κ1) is 22.3. The smallest absolute Gasteiger partial charge is 0.167 e. The molecule has 4 heteroatoms. The molecule has 0 aliphatic heterocycles. The van der Waals surface area contributed by atoms with Crippen LogP contribution < -0.4 is 15.3 Å². The van der Waals surface area contributed by atoms with E-state index in [4.69, 9.17) is 9.47 Å². The second-order valence-electron chi connectivity index (χ2n) is 7.49. The minimum Gasteiger partial charge on any atom is -0.493 e. The van der Waals surface area contributed by atoms with E-state index >= 15 is 0 Å². The first-order chi connectivity index (χ1) is 14.6. The minimum absolute atomic E-state index is 0.176. The summed E-state index contributed by atoms with van der Waals surface area (Å²) in [5, 5.41) is 1.65. The van der Waals surface area contributed by atoms with Crippen LogP contribution in [0.2, 0.25) is 0 Å². The SMILES string of the molecule is CCCOc1c(C)cc(COCP(=O)(c2ccccc2)c2ccccc2)cc1CC. The molecule has 0 spiro atoms. The van der Waals surface area contributed by atoms with Crippen LogP contribution in [0.3, 0.4) is 0 Å². The Hall–Kier alpha value is -2.35. The fourth-order valence-electron chi connectivity index (χ4n) is 3.61. The summed E-state index contributed by atoms with van der Waals surface area (Å²) in [5.74, 6) is 0.988. The van der Waals surface area contributed by atoms with Crippen molar-refractivity contribution >= 4 is 17.8 Å². The number of ether oxygens (including phenoxy) is 2. The van der Waals surface area contributed by atoms with Crippen LogP contribution in [0.5, 0.6) is 5.75 Å².